The van der Waals surface area contributed by atoms with Gasteiger partial charge in [-0.25, -0.2) is 0 Å². The van der Waals surface area contributed by atoms with Crippen molar-refractivity contribution in [3.8, 4) is 0 Å². The first kappa shape index (κ1) is 6.82. The van der Waals surface area contributed by atoms with E-state index in [1.165, 1.54) is 13.2 Å². The van der Waals surface area contributed by atoms with Gasteiger partial charge in [-0.2, -0.15) is 0 Å². The first-order valence-electron chi connectivity index (χ1n) is 2.13. The molecule has 0 aliphatic heterocycles. The van der Waals surface area contributed by atoms with Crippen LogP contribution in [-0.4, -0.2) is 20.8 Å². The van der Waals surface area contributed by atoms with Gasteiger partial charge in [-0.3, -0.25) is 0 Å². The van der Waals surface area contributed by atoms with Crippen LogP contribution in [0.1, 0.15) is 20.3 Å². The number of rotatable bonds is 2. The molecule has 0 rings (SSSR count). The van der Waals surface area contributed by atoms with Gasteiger partial charge in [0.1, 0.15) is 0 Å². The molecule has 0 aliphatic rings. The quantitative estimate of drug-likeness (QED) is 0.434. The van der Waals surface area contributed by atoms with Gasteiger partial charge in [0.05, 0.1) is 0 Å². The van der Waals surface area contributed by atoms with E-state index in [1.807, 2.05) is 0 Å². The summed E-state index contributed by atoms with van der Waals surface area (Å²) < 4.78 is 0. The van der Waals surface area contributed by atoms with E-state index < -0.39 is 0 Å². The SMILES string of the molecule is CCC(C)P=[Se]. The fraction of sp³-hybridized carbons (Fsp3) is 1.00. The molecule has 0 spiro atoms. The van der Waals surface area contributed by atoms with Crippen molar-refractivity contribution in [2.24, 2.45) is 0 Å². The van der Waals surface area contributed by atoms with Crippen LogP contribution < -0.4 is 0 Å². The van der Waals surface area contributed by atoms with Gasteiger partial charge in [-0.05, 0) is 0 Å². The van der Waals surface area contributed by atoms with Crippen molar-refractivity contribution >= 4 is 21.9 Å². The van der Waals surface area contributed by atoms with Crippen molar-refractivity contribution < 1.29 is 0 Å². The van der Waals surface area contributed by atoms with Crippen molar-refractivity contribution in [1.82, 2.24) is 0 Å². The van der Waals surface area contributed by atoms with Gasteiger partial charge in [-0.1, -0.05) is 0 Å². The van der Waals surface area contributed by atoms with Crippen molar-refractivity contribution in [3.05, 3.63) is 0 Å². The van der Waals surface area contributed by atoms with Crippen LogP contribution in [0.25, 0.3) is 0 Å². The average Bonchev–Trinajstić information content (AvgIpc) is 1.65. The van der Waals surface area contributed by atoms with E-state index in [-0.39, 0.29) is 0 Å². The van der Waals surface area contributed by atoms with Gasteiger partial charge in [-0.15, -0.1) is 0 Å². The molecule has 0 aromatic carbocycles. The Balaban J connectivity index is 2.96. The maximum absolute atomic E-state index is 2.97. The second-order valence-corrected chi connectivity index (χ2v) is 3.78. The molecule has 0 amide bonds. The van der Waals surface area contributed by atoms with Crippen LogP contribution in [0.3, 0.4) is 0 Å². The van der Waals surface area contributed by atoms with E-state index in [2.05, 4.69) is 28.9 Å². The Morgan fingerprint density at radius 3 is 2.33 bits per heavy atom. The molecule has 0 bridgehead atoms. The van der Waals surface area contributed by atoms with Gasteiger partial charge in [0.15, 0.2) is 0 Å². The van der Waals surface area contributed by atoms with E-state index in [1.54, 1.807) is 0 Å². The molecular weight excluding hydrogens is 158 g/mol. The summed E-state index contributed by atoms with van der Waals surface area (Å²) >= 11 is 2.97. The maximum atomic E-state index is 2.97. The van der Waals surface area contributed by atoms with Crippen LogP contribution in [0.4, 0.5) is 0 Å². The van der Waals surface area contributed by atoms with Gasteiger partial charge >= 0.3 is 47.9 Å². The predicted octanol–water partition coefficient (Wildman–Crippen LogP) is 1.81. The van der Waals surface area contributed by atoms with Crippen LogP contribution >= 0.6 is 6.83 Å². The van der Waals surface area contributed by atoms with Crippen molar-refractivity contribution in [2.75, 3.05) is 0 Å². The van der Waals surface area contributed by atoms with Crippen LogP contribution in [0, 0.1) is 0 Å². The summed E-state index contributed by atoms with van der Waals surface area (Å²) in [5.74, 6) is 0. The Kier molecular flexibility index (Phi) is 4.54. The van der Waals surface area contributed by atoms with Crippen LogP contribution in [0.5, 0.6) is 0 Å². The van der Waals surface area contributed by atoms with E-state index in [0.717, 1.165) is 5.66 Å². The molecule has 1 atom stereocenters. The molecule has 0 aliphatic carbocycles. The molecule has 0 saturated heterocycles. The van der Waals surface area contributed by atoms with Crippen LogP contribution in [0.2, 0.25) is 0 Å². The summed E-state index contributed by atoms with van der Waals surface area (Å²) in [5.41, 5.74) is 0.852. The number of hydrogen-bond donors (Lipinski definition) is 0. The second-order valence-electron chi connectivity index (χ2n) is 1.36. The molecule has 1 unspecified atom stereocenters. The Bertz CT molecular complexity index is 44.8. The van der Waals surface area contributed by atoms with E-state index >= 15 is 0 Å². The molecule has 0 nitrogen and oxygen atoms in total. The average molecular weight is 167 g/mol. The molecule has 0 fully saturated rings. The molecule has 0 heterocycles. The normalized spacial score (nSPS) is 15.0. The predicted molar refractivity (Wildman–Crippen MR) is 32.4 cm³/mol. The fourth-order valence-electron chi connectivity index (χ4n) is 0.0745. The zero-order chi connectivity index (χ0) is 4.99. The second kappa shape index (κ2) is 3.99. The van der Waals surface area contributed by atoms with Gasteiger partial charge in [0.2, 0.25) is 0 Å². The summed E-state index contributed by atoms with van der Waals surface area (Å²) in [7, 11) is 0. The van der Waals surface area contributed by atoms with Crippen molar-refractivity contribution in [1.29, 1.82) is 0 Å². The Hall–Kier alpha value is 0.819. The molecule has 0 saturated carbocycles. The van der Waals surface area contributed by atoms with E-state index in [4.69, 9.17) is 0 Å². The molecule has 0 aromatic heterocycles. The summed E-state index contributed by atoms with van der Waals surface area (Å²) in [6, 6.07) is 0. The van der Waals surface area contributed by atoms with Crippen LogP contribution in [-0.2, 0) is 0 Å². The van der Waals surface area contributed by atoms with E-state index in [0.29, 0.717) is 0 Å². The molecule has 6 heavy (non-hydrogen) atoms. The molecule has 0 N–H and O–H groups in total. The molecule has 0 radical (unpaired) electrons. The molecular formula is C4H9PSe. The summed E-state index contributed by atoms with van der Waals surface area (Å²) in [6.07, 6.45) is 1.29. The zero-order valence-electron chi connectivity index (χ0n) is 4.14. The summed E-state index contributed by atoms with van der Waals surface area (Å²) in [6.45, 7) is 5.84. The molecule has 0 aromatic rings. The zero-order valence-corrected chi connectivity index (χ0v) is 6.75. The molecule has 2 heteroatoms. The third-order valence-electron chi connectivity index (χ3n) is 0.771. The monoisotopic (exact) mass is 168 g/mol. The van der Waals surface area contributed by atoms with Gasteiger partial charge < -0.3 is 0 Å². The van der Waals surface area contributed by atoms with Gasteiger partial charge in [0, 0.05) is 0 Å². The van der Waals surface area contributed by atoms with Crippen molar-refractivity contribution in [2.45, 2.75) is 25.9 Å². The summed E-state index contributed by atoms with van der Waals surface area (Å²) in [5, 5.41) is 0. The first-order chi connectivity index (χ1) is 2.81. The Morgan fingerprint density at radius 2 is 2.33 bits per heavy atom. The molecule has 36 valence electrons. The van der Waals surface area contributed by atoms with E-state index in [9.17, 15) is 0 Å². The van der Waals surface area contributed by atoms with Gasteiger partial charge in [0.25, 0.3) is 0 Å². The Morgan fingerprint density at radius 1 is 1.83 bits per heavy atom. The summed E-state index contributed by atoms with van der Waals surface area (Å²) in [4.78, 5) is 0. The minimum atomic E-state index is 0.852. The fourth-order valence-corrected chi connectivity index (χ4v) is 1.16. The Labute approximate surface area is 48.4 Å². The minimum absolute atomic E-state index is 0.852. The third kappa shape index (κ3) is 3.03. The number of hydrogen-bond acceptors (Lipinski definition) is 0. The third-order valence-corrected chi connectivity index (χ3v) is 3.76. The standard InChI is InChI=1S/C4H9PSe/c1-3-4(2)5-6/h4H,3H2,1-2H3. The van der Waals surface area contributed by atoms with Crippen LogP contribution in [0.15, 0.2) is 0 Å². The topological polar surface area (TPSA) is 0 Å². The van der Waals surface area contributed by atoms with Crippen molar-refractivity contribution in [3.63, 3.8) is 0 Å². The first-order valence-corrected chi connectivity index (χ1v) is 5.31.